The summed E-state index contributed by atoms with van der Waals surface area (Å²) in [6, 6.07) is 7.64. The summed E-state index contributed by atoms with van der Waals surface area (Å²) in [5, 5.41) is 7.51. The van der Waals surface area contributed by atoms with E-state index in [0.29, 0.717) is 6.54 Å². The predicted octanol–water partition coefficient (Wildman–Crippen LogP) is 1.70. The van der Waals surface area contributed by atoms with Crippen molar-refractivity contribution in [1.29, 1.82) is 0 Å². The fourth-order valence-electron chi connectivity index (χ4n) is 3.29. The fourth-order valence-corrected chi connectivity index (χ4v) is 3.29. The highest BCUT2D eigenvalue weighted by molar-refractivity contribution is 5.78. The fraction of sp³-hybridized carbons (Fsp3) is 0.500. The van der Waals surface area contributed by atoms with Gasteiger partial charge in [0.25, 0.3) is 0 Å². The van der Waals surface area contributed by atoms with Gasteiger partial charge >= 0.3 is 0 Å². The molecule has 27 heavy (non-hydrogen) atoms. The number of hydrogen-bond donors (Lipinski definition) is 1. The highest BCUT2D eigenvalue weighted by atomic mass is 16.5. The van der Waals surface area contributed by atoms with Crippen LogP contribution < -0.4 is 10.1 Å². The van der Waals surface area contributed by atoms with Gasteiger partial charge < -0.3 is 15.0 Å². The first-order valence-electron chi connectivity index (χ1n) is 9.44. The summed E-state index contributed by atoms with van der Waals surface area (Å²) in [6.45, 7) is 6.45. The Labute approximate surface area is 160 Å². The molecule has 0 bridgehead atoms. The lowest BCUT2D eigenvalue weighted by molar-refractivity contribution is -0.122. The molecular weight excluding hydrogens is 342 g/mol. The Morgan fingerprint density at radius 2 is 2.15 bits per heavy atom. The number of carbonyl (C=O) groups excluding carboxylic acids is 1. The Morgan fingerprint density at radius 1 is 1.30 bits per heavy atom. The minimum atomic E-state index is -0.0912. The average Bonchev–Trinajstić information content (AvgIpc) is 3.08. The summed E-state index contributed by atoms with van der Waals surface area (Å²) in [5.74, 6) is 0.843. The van der Waals surface area contributed by atoms with Crippen LogP contribution in [0.15, 0.2) is 36.7 Å². The van der Waals surface area contributed by atoms with E-state index in [0.717, 1.165) is 49.6 Å². The van der Waals surface area contributed by atoms with E-state index in [1.807, 2.05) is 37.4 Å². The van der Waals surface area contributed by atoms with Crippen molar-refractivity contribution >= 4 is 5.91 Å². The lowest BCUT2D eigenvalue weighted by Gasteiger charge is -2.21. The zero-order valence-electron chi connectivity index (χ0n) is 16.4. The number of amides is 1. The van der Waals surface area contributed by atoms with Crippen molar-refractivity contribution < 1.29 is 9.53 Å². The molecule has 7 nitrogen and oxygen atoms in total. The number of rotatable bonds is 6. The van der Waals surface area contributed by atoms with Gasteiger partial charge in [-0.1, -0.05) is 6.07 Å². The largest absolute Gasteiger partial charge is 0.497 e. The summed E-state index contributed by atoms with van der Waals surface area (Å²) in [6.07, 6.45) is 4.85. The molecule has 1 atom stereocenters. The summed E-state index contributed by atoms with van der Waals surface area (Å²) in [4.78, 5) is 17.0. The van der Waals surface area contributed by atoms with Crippen molar-refractivity contribution in [2.75, 3.05) is 46.9 Å². The molecule has 1 fully saturated rings. The highest BCUT2D eigenvalue weighted by Gasteiger charge is 2.17. The number of benzene rings is 1. The number of carbonyl (C=O) groups is 1. The second kappa shape index (κ2) is 9.01. The van der Waals surface area contributed by atoms with Crippen LogP contribution in [0.5, 0.6) is 5.75 Å². The summed E-state index contributed by atoms with van der Waals surface area (Å²) in [7, 11) is 3.78. The lowest BCUT2D eigenvalue weighted by atomic mass is 10.2. The number of hydrogen-bond acceptors (Lipinski definition) is 5. The van der Waals surface area contributed by atoms with Gasteiger partial charge in [0.1, 0.15) is 5.75 Å². The quantitative estimate of drug-likeness (QED) is 0.837. The highest BCUT2D eigenvalue weighted by Crippen LogP contribution is 2.18. The third kappa shape index (κ3) is 5.30. The second-order valence-electron chi connectivity index (χ2n) is 7.14. The van der Waals surface area contributed by atoms with E-state index in [1.165, 1.54) is 0 Å². The van der Waals surface area contributed by atoms with E-state index in [2.05, 4.69) is 27.3 Å². The van der Waals surface area contributed by atoms with Crippen molar-refractivity contribution in [3.63, 3.8) is 0 Å². The predicted molar refractivity (Wildman–Crippen MR) is 105 cm³/mol. The molecule has 2 heterocycles. The molecule has 0 spiro atoms. The maximum absolute atomic E-state index is 12.4. The number of nitrogens with zero attached hydrogens (tertiary/aromatic N) is 4. The summed E-state index contributed by atoms with van der Waals surface area (Å²) < 4.78 is 7.06. The molecule has 1 aromatic carbocycles. The molecular formula is C20H29N5O2. The molecule has 0 saturated carbocycles. The van der Waals surface area contributed by atoms with Crippen molar-refractivity contribution in [3.05, 3.63) is 42.2 Å². The molecule has 146 valence electrons. The van der Waals surface area contributed by atoms with Crippen LogP contribution in [0.25, 0.3) is 5.69 Å². The Morgan fingerprint density at radius 3 is 2.96 bits per heavy atom. The number of aromatic nitrogens is 2. The van der Waals surface area contributed by atoms with E-state index in [-0.39, 0.29) is 11.9 Å². The van der Waals surface area contributed by atoms with Crippen molar-refractivity contribution in [2.24, 2.45) is 0 Å². The molecule has 2 aromatic rings. The first-order valence-corrected chi connectivity index (χ1v) is 9.44. The second-order valence-corrected chi connectivity index (χ2v) is 7.14. The van der Waals surface area contributed by atoms with Gasteiger partial charge in [-0.2, -0.15) is 5.10 Å². The molecule has 1 N–H and O–H groups in total. The van der Waals surface area contributed by atoms with Gasteiger partial charge in [-0.15, -0.1) is 0 Å². The molecule has 1 aliphatic heterocycles. The first-order chi connectivity index (χ1) is 13.0. The molecule has 0 unspecified atom stereocenters. The number of methoxy groups -OCH3 is 1. The Bertz CT molecular complexity index is 760. The topological polar surface area (TPSA) is 62.6 Å². The van der Waals surface area contributed by atoms with E-state index >= 15 is 0 Å². The summed E-state index contributed by atoms with van der Waals surface area (Å²) >= 11 is 0. The van der Waals surface area contributed by atoms with Gasteiger partial charge in [0.15, 0.2) is 0 Å². The van der Waals surface area contributed by atoms with Crippen molar-refractivity contribution in [3.8, 4) is 11.4 Å². The zero-order valence-corrected chi connectivity index (χ0v) is 16.4. The maximum Gasteiger partial charge on any atom is 0.234 e. The minimum Gasteiger partial charge on any atom is -0.497 e. The van der Waals surface area contributed by atoms with Crippen LogP contribution in [0, 0.1) is 0 Å². The molecule has 1 aliphatic rings. The van der Waals surface area contributed by atoms with Crippen LogP contribution in [-0.4, -0.2) is 72.4 Å². The van der Waals surface area contributed by atoms with Crippen LogP contribution in [0.3, 0.4) is 0 Å². The Kier molecular flexibility index (Phi) is 6.47. The van der Waals surface area contributed by atoms with Crippen LogP contribution in [0.1, 0.15) is 24.9 Å². The summed E-state index contributed by atoms with van der Waals surface area (Å²) in [5.41, 5.74) is 1.90. The third-order valence-electron chi connectivity index (χ3n) is 4.98. The smallest absolute Gasteiger partial charge is 0.234 e. The van der Waals surface area contributed by atoms with E-state index in [1.54, 1.807) is 18.0 Å². The average molecular weight is 371 g/mol. The van der Waals surface area contributed by atoms with Gasteiger partial charge in [0.05, 0.1) is 31.6 Å². The molecule has 1 amide bonds. The van der Waals surface area contributed by atoms with E-state index in [4.69, 9.17) is 4.74 Å². The normalized spacial score (nSPS) is 17.3. The Hall–Kier alpha value is -2.38. The van der Waals surface area contributed by atoms with E-state index < -0.39 is 0 Å². The maximum atomic E-state index is 12.4. The molecule has 7 heteroatoms. The van der Waals surface area contributed by atoms with Gasteiger partial charge in [-0.3, -0.25) is 9.69 Å². The Balaban J connectivity index is 1.57. The number of nitrogens with one attached hydrogen (secondary N) is 1. The van der Waals surface area contributed by atoms with Gasteiger partial charge in [-0.25, -0.2) is 4.68 Å². The number of likely N-dealkylation sites (N-methyl/N-ethyl adjacent to an activating group) is 1. The van der Waals surface area contributed by atoms with Crippen LogP contribution in [0.2, 0.25) is 0 Å². The SMILES string of the molecule is COc1cccc(-n2cc([C@@H](C)NC(=O)CN3CCCN(C)CC3)cn2)c1. The van der Waals surface area contributed by atoms with Gasteiger partial charge in [-0.05, 0) is 45.6 Å². The van der Waals surface area contributed by atoms with Crippen LogP contribution in [-0.2, 0) is 4.79 Å². The third-order valence-corrected chi connectivity index (χ3v) is 4.98. The molecule has 1 aromatic heterocycles. The van der Waals surface area contributed by atoms with Crippen molar-refractivity contribution in [2.45, 2.75) is 19.4 Å². The molecule has 0 radical (unpaired) electrons. The van der Waals surface area contributed by atoms with Crippen LogP contribution >= 0.6 is 0 Å². The number of ether oxygens (including phenoxy) is 1. The minimum absolute atomic E-state index is 0.0567. The molecule has 1 saturated heterocycles. The lowest BCUT2D eigenvalue weighted by Crippen LogP contribution is -2.39. The van der Waals surface area contributed by atoms with Crippen LogP contribution in [0.4, 0.5) is 0 Å². The van der Waals surface area contributed by atoms with E-state index in [9.17, 15) is 4.79 Å². The standard InChI is InChI=1S/C20H29N5O2/c1-16(22-20(26)15-24-9-5-8-23(2)10-11-24)17-13-21-25(14-17)18-6-4-7-19(12-18)27-3/h4,6-7,12-14,16H,5,8-11,15H2,1-3H3,(H,22,26)/t16-/m1/s1. The first kappa shape index (κ1) is 19.4. The van der Waals surface area contributed by atoms with Gasteiger partial charge in [0, 0.05) is 30.9 Å². The zero-order chi connectivity index (χ0) is 19.2. The van der Waals surface area contributed by atoms with Gasteiger partial charge in [0.2, 0.25) is 5.91 Å². The van der Waals surface area contributed by atoms with Crippen molar-refractivity contribution in [1.82, 2.24) is 24.9 Å². The molecule has 3 rings (SSSR count). The monoisotopic (exact) mass is 371 g/mol. The molecule has 0 aliphatic carbocycles.